The molecule has 0 atom stereocenters. The van der Waals surface area contributed by atoms with E-state index in [0.29, 0.717) is 31.7 Å². The van der Waals surface area contributed by atoms with Crippen molar-refractivity contribution in [2.24, 2.45) is 0 Å². The van der Waals surface area contributed by atoms with Crippen molar-refractivity contribution in [3.63, 3.8) is 0 Å². The van der Waals surface area contributed by atoms with Gasteiger partial charge >= 0.3 is 4.87 Å². The van der Waals surface area contributed by atoms with Gasteiger partial charge in [0.15, 0.2) is 4.21 Å². The van der Waals surface area contributed by atoms with E-state index in [2.05, 4.69) is 9.71 Å². The fraction of sp³-hybridized carbons (Fsp3) is 0.667. The first-order chi connectivity index (χ1) is 7.99. The number of aryl methyl sites for hydroxylation is 1. The van der Waals surface area contributed by atoms with Crippen LogP contribution in [0.2, 0.25) is 0 Å². The monoisotopic (exact) mass is 278 g/mol. The van der Waals surface area contributed by atoms with Gasteiger partial charge in [0.2, 0.25) is 0 Å². The molecular formula is C9H14N2O4S2. The van der Waals surface area contributed by atoms with Crippen LogP contribution in [0.25, 0.3) is 0 Å². The van der Waals surface area contributed by atoms with Crippen molar-refractivity contribution < 1.29 is 13.2 Å². The molecule has 0 saturated carbocycles. The lowest BCUT2D eigenvalue weighted by atomic mass is 10.1. The molecule has 2 rings (SSSR count). The summed E-state index contributed by atoms with van der Waals surface area (Å²) >= 11 is 0.717. The van der Waals surface area contributed by atoms with E-state index >= 15 is 0 Å². The number of aromatic amines is 1. The van der Waals surface area contributed by atoms with E-state index in [1.807, 2.05) is 0 Å². The lowest BCUT2D eigenvalue weighted by Gasteiger charge is -2.22. The fourth-order valence-corrected chi connectivity index (χ4v) is 4.36. The summed E-state index contributed by atoms with van der Waals surface area (Å²) in [6.45, 7) is 2.71. The third-order valence-corrected chi connectivity index (χ3v) is 5.69. The highest BCUT2D eigenvalue weighted by Crippen LogP contribution is 2.18. The second kappa shape index (κ2) is 4.89. The summed E-state index contributed by atoms with van der Waals surface area (Å²) in [5.41, 5.74) is 0.388. The molecule has 0 aromatic carbocycles. The van der Waals surface area contributed by atoms with Gasteiger partial charge in [-0.05, 0) is 19.8 Å². The number of ether oxygens (including phenoxy) is 1. The van der Waals surface area contributed by atoms with Gasteiger partial charge in [-0.3, -0.25) is 4.79 Å². The summed E-state index contributed by atoms with van der Waals surface area (Å²) in [4.78, 5) is 13.2. The average molecular weight is 278 g/mol. The van der Waals surface area contributed by atoms with Crippen molar-refractivity contribution in [2.45, 2.75) is 30.0 Å². The Balaban J connectivity index is 2.18. The van der Waals surface area contributed by atoms with E-state index in [4.69, 9.17) is 4.74 Å². The normalized spacial score (nSPS) is 18.4. The lowest BCUT2D eigenvalue weighted by Crippen LogP contribution is -2.38. The molecular weight excluding hydrogens is 264 g/mol. The van der Waals surface area contributed by atoms with Gasteiger partial charge in [-0.1, -0.05) is 11.3 Å². The zero-order valence-electron chi connectivity index (χ0n) is 9.36. The topological polar surface area (TPSA) is 88.3 Å². The molecule has 6 nitrogen and oxygen atoms in total. The number of aromatic nitrogens is 1. The summed E-state index contributed by atoms with van der Waals surface area (Å²) in [5.74, 6) is 0. The van der Waals surface area contributed by atoms with E-state index in [1.54, 1.807) is 6.92 Å². The largest absolute Gasteiger partial charge is 0.381 e. The minimum absolute atomic E-state index is 0.0778. The lowest BCUT2D eigenvalue weighted by molar-refractivity contribution is 0.0832. The Labute approximate surface area is 103 Å². The maximum atomic E-state index is 12.0. The summed E-state index contributed by atoms with van der Waals surface area (Å²) < 4.78 is 31.9. The Morgan fingerprint density at radius 2 is 2.06 bits per heavy atom. The zero-order chi connectivity index (χ0) is 12.5. The zero-order valence-corrected chi connectivity index (χ0v) is 11.0. The Hall–Kier alpha value is -0.700. The number of nitrogens with one attached hydrogen (secondary N) is 2. The maximum absolute atomic E-state index is 12.0. The van der Waals surface area contributed by atoms with Crippen LogP contribution in [0, 0.1) is 6.92 Å². The number of hydrogen-bond donors (Lipinski definition) is 2. The van der Waals surface area contributed by atoms with E-state index in [9.17, 15) is 13.2 Å². The van der Waals surface area contributed by atoms with Crippen LogP contribution in [0.4, 0.5) is 0 Å². The van der Waals surface area contributed by atoms with Crippen LogP contribution in [0.1, 0.15) is 18.5 Å². The molecule has 1 aromatic heterocycles. The molecule has 17 heavy (non-hydrogen) atoms. The van der Waals surface area contributed by atoms with E-state index in [-0.39, 0.29) is 15.1 Å². The predicted molar refractivity (Wildman–Crippen MR) is 63.8 cm³/mol. The Kier molecular flexibility index (Phi) is 3.67. The third kappa shape index (κ3) is 2.95. The van der Waals surface area contributed by atoms with Gasteiger partial charge in [-0.15, -0.1) is 0 Å². The van der Waals surface area contributed by atoms with Crippen LogP contribution in [-0.2, 0) is 14.8 Å². The second-order valence-electron chi connectivity index (χ2n) is 3.93. The first-order valence-corrected chi connectivity index (χ1v) is 7.59. The number of H-pyrrole nitrogens is 1. The van der Waals surface area contributed by atoms with Gasteiger partial charge in [0.25, 0.3) is 10.0 Å². The van der Waals surface area contributed by atoms with Crippen molar-refractivity contribution in [1.29, 1.82) is 0 Å². The molecule has 2 N–H and O–H groups in total. The van der Waals surface area contributed by atoms with Crippen molar-refractivity contribution in [3.8, 4) is 0 Å². The molecule has 1 fully saturated rings. The highest BCUT2D eigenvalue weighted by atomic mass is 32.2. The smallest absolute Gasteiger partial charge is 0.305 e. The summed E-state index contributed by atoms with van der Waals surface area (Å²) in [6, 6.07) is -0.106. The van der Waals surface area contributed by atoms with Gasteiger partial charge < -0.3 is 9.72 Å². The minimum Gasteiger partial charge on any atom is -0.381 e. The average Bonchev–Trinajstić information content (AvgIpc) is 2.59. The van der Waals surface area contributed by atoms with Crippen molar-refractivity contribution in [1.82, 2.24) is 9.71 Å². The number of hydrogen-bond acceptors (Lipinski definition) is 5. The van der Waals surface area contributed by atoms with Gasteiger partial charge in [-0.25, -0.2) is 13.1 Å². The summed E-state index contributed by atoms with van der Waals surface area (Å²) in [5, 5.41) is 0. The first-order valence-electron chi connectivity index (χ1n) is 5.29. The van der Waals surface area contributed by atoms with E-state index < -0.39 is 10.0 Å². The van der Waals surface area contributed by atoms with Crippen LogP contribution >= 0.6 is 11.3 Å². The molecule has 1 aliphatic rings. The second-order valence-corrected chi connectivity index (χ2v) is 6.83. The van der Waals surface area contributed by atoms with Crippen molar-refractivity contribution in [2.75, 3.05) is 13.2 Å². The Bertz CT molecular complexity index is 540. The minimum atomic E-state index is -3.59. The molecule has 96 valence electrons. The third-order valence-electron chi connectivity index (χ3n) is 2.57. The van der Waals surface area contributed by atoms with Crippen LogP contribution in [0.5, 0.6) is 0 Å². The predicted octanol–water partition coefficient (Wildman–Crippen LogP) is 0.202. The SMILES string of the molecule is Cc1[nH]c(=O)sc1S(=O)(=O)NC1CCOCC1. The van der Waals surface area contributed by atoms with Gasteiger partial charge in [0, 0.05) is 24.9 Å². The highest BCUT2D eigenvalue weighted by molar-refractivity contribution is 7.91. The summed E-state index contributed by atoms with van der Waals surface area (Å²) in [7, 11) is -3.59. The quantitative estimate of drug-likeness (QED) is 0.827. The molecule has 1 aliphatic heterocycles. The van der Waals surface area contributed by atoms with Gasteiger partial charge in [-0.2, -0.15) is 0 Å². The molecule has 1 aromatic rings. The van der Waals surface area contributed by atoms with Gasteiger partial charge in [0.1, 0.15) is 0 Å². The molecule has 1 saturated heterocycles. The Morgan fingerprint density at radius 3 is 2.59 bits per heavy atom. The van der Waals surface area contributed by atoms with Crippen LogP contribution in [-0.4, -0.2) is 32.7 Å². The molecule has 0 bridgehead atoms. The molecule has 2 heterocycles. The first kappa shape index (κ1) is 12.7. The molecule has 8 heteroatoms. The molecule has 0 radical (unpaired) electrons. The van der Waals surface area contributed by atoms with E-state index in [0.717, 1.165) is 11.3 Å². The summed E-state index contributed by atoms with van der Waals surface area (Å²) in [6.07, 6.45) is 1.33. The molecule has 0 unspecified atom stereocenters. The molecule has 0 amide bonds. The number of thiazole rings is 1. The maximum Gasteiger partial charge on any atom is 0.305 e. The molecule has 0 aliphatic carbocycles. The highest BCUT2D eigenvalue weighted by Gasteiger charge is 2.25. The van der Waals surface area contributed by atoms with Crippen LogP contribution in [0.15, 0.2) is 9.00 Å². The van der Waals surface area contributed by atoms with Gasteiger partial charge in [0.05, 0.1) is 0 Å². The molecule has 0 spiro atoms. The van der Waals surface area contributed by atoms with Crippen LogP contribution in [0.3, 0.4) is 0 Å². The fourth-order valence-electron chi connectivity index (χ4n) is 1.74. The standard InChI is InChI=1S/C9H14N2O4S2/c1-6-8(16-9(12)10-6)17(13,14)11-7-2-4-15-5-3-7/h7,11H,2-5H2,1H3,(H,10,12). The van der Waals surface area contributed by atoms with Crippen molar-refractivity contribution in [3.05, 3.63) is 15.4 Å². The van der Waals surface area contributed by atoms with Crippen molar-refractivity contribution >= 4 is 21.4 Å². The number of sulfonamides is 1. The van der Waals surface area contributed by atoms with Crippen LogP contribution < -0.4 is 9.60 Å². The Morgan fingerprint density at radius 1 is 1.41 bits per heavy atom. The van der Waals surface area contributed by atoms with E-state index in [1.165, 1.54) is 0 Å². The number of rotatable bonds is 3.